The summed E-state index contributed by atoms with van der Waals surface area (Å²) in [4.78, 5) is 10.9. The second kappa shape index (κ2) is 15.5. The summed E-state index contributed by atoms with van der Waals surface area (Å²) in [5.41, 5.74) is 0. The Morgan fingerprint density at radius 3 is 1.75 bits per heavy atom. The summed E-state index contributed by atoms with van der Waals surface area (Å²) in [6.45, 7) is 2.25. The van der Waals surface area contributed by atoms with Gasteiger partial charge in [-0.15, -0.1) is 0 Å². The summed E-state index contributed by atoms with van der Waals surface area (Å²) >= 11 is 0. The van der Waals surface area contributed by atoms with Crippen LogP contribution in [0.4, 0.5) is 0 Å². The van der Waals surface area contributed by atoms with Crippen LogP contribution in [0.25, 0.3) is 0 Å². The Kier molecular flexibility index (Phi) is 18.2. The molecule has 0 radical (unpaired) electrons. The van der Waals surface area contributed by atoms with Crippen molar-refractivity contribution in [2.75, 3.05) is 7.05 Å². The molecule has 0 aromatic carbocycles. The molecule has 1 N–H and O–H groups in total. The minimum absolute atomic E-state index is 0. The second-order valence-electron chi connectivity index (χ2n) is 4.25. The average molecular weight is 237 g/mol. The van der Waals surface area contributed by atoms with Crippen molar-refractivity contribution in [3.8, 4) is 0 Å². The van der Waals surface area contributed by atoms with E-state index >= 15 is 0 Å². The van der Waals surface area contributed by atoms with E-state index in [2.05, 4.69) is 12.2 Å². The van der Waals surface area contributed by atoms with E-state index in [0.29, 0.717) is 6.42 Å². The fraction of sp³-hybridized carbons (Fsp3) is 0.923. The molecule has 0 aliphatic heterocycles. The molecule has 0 aromatic heterocycles. The molecule has 0 aromatic rings. The molecule has 92 valence electrons. The number of carbonyl (C=O) groups excluding carboxylic acids is 1. The normalized spacial score (nSPS) is 9.62. The van der Waals surface area contributed by atoms with Crippen LogP contribution in [0.5, 0.6) is 0 Å². The molecule has 0 spiro atoms. The van der Waals surface area contributed by atoms with E-state index in [-0.39, 0.29) is 35.5 Å². The van der Waals surface area contributed by atoms with Crippen molar-refractivity contribution in [2.45, 2.75) is 71.1 Å². The topological polar surface area (TPSA) is 29.1 Å². The monoisotopic (exact) mass is 237 g/mol. The molecule has 0 saturated carbocycles. The number of unbranched alkanes of at least 4 members (excludes halogenated alkanes) is 8. The van der Waals surface area contributed by atoms with Crippen molar-refractivity contribution in [3.63, 3.8) is 0 Å². The summed E-state index contributed by atoms with van der Waals surface area (Å²) in [6, 6.07) is 0. The molecule has 1 amide bonds. The van der Waals surface area contributed by atoms with Gasteiger partial charge in [0.05, 0.1) is 0 Å². The van der Waals surface area contributed by atoms with Crippen LogP contribution in [0.1, 0.15) is 71.1 Å². The molecule has 0 saturated heterocycles. The Morgan fingerprint density at radius 2 is 1.31 bits per heavy atom. The van der Waals surface area contributed by atoms with Gasteiger partial charge in [-0.25, -0.2) is 0 Å². The van der Waals surface area contributed by atoms with Gasteiger partial charge in [0.15, 0.2) is 0 Å². The SMILES string of the molecule is CCCCCCCCCCCC(=O)NC.[NaH]. The zero-order valence-corrected chi connectivity index (χ0v) is 10.5. The maximum absolute atomic E-state index is 10.9. The minimum atomic E-state index is 0. The van der Waals surface area contributed by atoms with E-state index in [1.807, 2.05) is 0 Å². The van der Waals surface area contributed by atoms with Gasteiger partial charge in [0, 0.05) is 13.5 Å². The number of nitrogens with one attached hydrogen (secondary N) is 1. The first-order valence-corrected chi connectivity index (χ1v) is 6.51. The fourth-order valence-electron chi connectivity index (χ4n) is 1.72. The quantitative estimate of drug-likeness (QED) is 0.459. The van der Waals surface area contributed by atoms with Gasteiger partial charge in [-0.3, -0.25) is 4.79 Å². The van der Waals surface area contributed by atoms with Crippen LogP contribution in [0.15, 0.2) is 0 Å². The first-order chi connectivity index (χ1) is 7.31. The van der Waals surface area contributed by atoms with E-state index in [4.69, 9.17) is 0 Å². The van der Waals surface area contributed by atoms with E-state index in [1.165, 1.54) is 51.4 Å². The molecule has 0 aliphatic carbocycles. The van der Waals surface area contributed by atoms with Crippen LogP contribution >= 0.6 is 0 Å². The molecule has 2 nitrogen and oxygen atoms in total. The number of amides is 1. The van der Waals surface area contributed by atoms with E-state index in [0.717, 1.165) is 6.42 Å². The van der Waals surface area contributed by atoms with Gasteiger partial charge >= 0.3 is 29.6 Å². The Bertz CT molecular complexity index is 151. The molecule has 3 heteroatoms. The zero-order chi connectivity index (χ0) is 11.4. The Morgan fingerprint density at radius 1 is 0.875 bits per heavy atom. The standard InChI is InChI=1S/C13H27NO.Na.H/c1-3-4-5-6-7-8-9-10-11-12-13(15)14-2;;/h3-12H2,1-2H3,(H,14,15);;. The Hall–Kier alpha value is 0.470. The molecular formula is C13H28NNaO. The van der Waals surface area contributed by atoms with Crippen molar-refractivity contribution in [1.82, 2.24) is 5.32 Å². The summed E-state index contributed by atoms with van der Waals surface area (Å²) in [6.07, 6.45) is 12.5. The van der Waals surface area contributed by atoms with Gasteiger partial charge in [-0.05, 0) is 6.42 Å². The van der Waals surface area contributed by atoms with Crippen molar-refractivity contribution >= 4 is 35.5 Å². The first-order valence-electron chi connectivity index (χ1n) is 6.51. The van der Waals surface area contributed by atoms with Gasteiger partial charge in [0.25, 0.3) is 0 Å². The molecule has 0 unspecified atom stereocenters. The van der Waals surface area contributed by atoms with Gasteiger partial charge in [-0.2, -0.15) is 0 Å². The summed E-state index contributed by atoms with van der Waals surface area (Å²) in [5, 5.41) is 2.65. The summed E-state index contributed by atoms with van der Waals surface area (Å²) in [7, 11) is 1.70. The van der Waals surface area contributed by atoms with Crippen LogP contribution in [-0.4, -0.2) is 42.5 Å². The third-order valence-electron chi connectivity index (χ3n) is 2.79. The van der Waals surface area contributed by atoms with Crippen LogP contribution in [0, 0.1) is 0 Å². The summed E-state index contributed by atoms with van der Waals surface area (Å²) < 4.78 is 0. The summed E-state index contributed by atoms with van der Waals surface area (Å²) in [5.74, 6) is 0.179. The van der Waals surface area contributed by atoms with Crippen LogP contribution in [-0.2, 0) is 4.79 Å². The van der Waals surface area contributed by atoms with Crippen molar-refractivity contribution in [2.24, 2.45) is 0 Å². The van der Waals surface area contributed by atoms with Gasteiger partial charge < -0.3 is 5.32 Å². The maximum atomic E-state index is 10.9. The third kappa shape index (κ3) is 14.5. The molecule has 0 aliphatic rings. The van der Waals surface area contributed by atoms with Crippen molar-refractivity contribution in [3.05, 3.63) is 0 Å². The number of carbonyl (C=O) groups is 1. The Labute approximate surface area is 123 Å². The molecule has 0 rings (SSSR count). The fourth-order valence-corrected chi connectivity index (χ4v) is 1.72. The molecule has 0 atom stereocenters. The third-order valence-corrected chi connectivity index (χ3v) is 2.79. The molecular weight excluding hydrogens is 209 g/mol. The number of hydrogen-bond donors (Lipinski definition) is 1. The van der Waals surface area contributed by atoms with Crippen LogP contribution in [0.3, 0.4) is 0 Å². The number of rotatable bonds is 10. The molecule has 0 heterocycles. The van der Waals surface area contributed by atoms with Crippen LogP contribution in [0.2, 0.25) is 0 Å². The molecule has 0 bridgehead atoms. The zero-order valence-electron chi connectivity index (χ0n) is 10.5. The number of hydrogen-bond acceptors (Lipinski definition) is 1. The van der Waals surface area contributed by atoms with Gasteiger partial charge in [0.1, 0.15) is 0 Å². The first kappa shape index (κ1) is 18.8. The van der Waals surface area contributed by atoms with E-state index in [9.17, 15) is 4.79 Å². The Balaban J connectivity index is 0. The molecule has 16 heavy (non-hydrogen) atoms. The predicted molar refractivity (Wildman–Crippen MR) is 73.1 cm³/mol. The van der Waals surface area contributed by atoms with E-state index < -0.39 is 0 Å². The predicted octanol–water partition coefficient (Wildman–Crippen LogP) is 3.00. The van der Waals surface area contributed by atoms with E-state index in [1.54, 1.807) is 7.05 Å². The van der Waals surface area contributed by atoms with Crippen LogP contribution < -0.4 is 5.32 Å². The van der Waals surface area contributed by atoms with Crippen molar-refractivity contribution < 1.29 is 4.79 Å². The molecule has 0 fully saturated rings. The van der Waals surface area contributed by atoms with Crippen molar-refractivity contribution in [1.29, 1.82) is 0 Å². The van der Waals surface area contributed by atoms with Gasteiger partial charge in [0.2, 0.25) is 5.91 Å². The van der Waals surface area contributed by atoms with Gasteiger partial charge in [-0.1, -0.05) is 58.3 Å². The average Bonchev–Trinajstić information content (AvgIpc) is 2.26. The second-order valence-corrected chi connectivity index (χ2v) is 4.25.